The first kappa shape index (κ1) is 36.1. The molecule has 0 N–H and O–H groups in total. The molecule has 0 fully saturated rings. The SMILES string of the molecule is CCCCc1ccc(-c2c(CSC(=S)N(CC)CC)sc(CSC(=S)N(CC)CC)c2-c2ccc(CCCC)cc2)cc1. The summed E-state index contributed by atoms with van der Waals surface area (Å²) in [7, 11) is 0. The highest BCUT2D eigenvalue weighted by molar-refractivity contribution is 8.22. The lowest BCUT2D eigenvalue weighted by Crippen LogP contribution is -2.26. The van der Waals surface area contributed by atoms with Gasteiger partial charge in [-0.25, -0.2) is 0 Å². The Bertz CT molecular complexity index is 1170. The third-order valence-electron chi connectivity index (χ3n) is 7.87. The average Bonchev–Trinajstić information content (AvgIpc) is 3.40. The molecule has 3 aromatic rings. The lowest BCUT2D eigenvalue weighted by atomic mass is 9.93. The molecule has 0 aliphatic heterocycles. The van der Waals surface area contributed by atoms with Gasteiger partial charge in [0.15, 0.2) is 0 Å². The Kier molecular flexibility index (Phi) is 16.1. The minimum Gasteiger partial charge on any atom is -0.358 e. The zero-order valence-electron chi connectivity index (χ0n) is 27.0. The van der Waals surface area contributed by atoms with Crippen molar-refractivity contribution < 1.29 is 0 Å². The summed E-state index contributed by atoms with van der Waals surface area (Å²) in [5.74, 6) is 1.75. The molecule has 0 aliphatic rings. The van der Waals surface area contributed by atoms with E-state index in [0.717, 1.165) is 59.2 Å². The summed E-state index contributed by atoms with van der Waals surface area (Å²) in [6, 6.07) is 18.7. The quantitative estimate of drug-likeness (QED) is 0.139. The minimum absolute atomic E-state index is 0.875. The van der Waals surface area contributed by atoms with E-state index in [9.17, 15) is 0 Å². The Hall–Kier alpha value is -1.38. The number of thiocarbonyl (C=S) groups is 2. The number of aryl methyl sites for hydroxylation is 2. The Morgan fingerprint density at radius 1 is 0.581 bits per heavy atom. The third kappa shape index (κ3) is 10.3. The van der Waals surface area contributed by atoms with Gasteiger partial charge in [-0.05, 0) is 75.6 Å². The predicted molar refractivity (Wildman–Crippen MR) is 206 cm³/mol. The van der Waals surface area contributed by atoms with E-state index in [4.69, 9.17) is 24.4 Å². The van der Waals surface area contributed by atoms with Gasteiger partial charge in [-0.3, -0.25) is 0 Å². The molecule has 0 aliphatic carbocycles. The molecule has 3 rings (SSSR count). The molecule has 0 atom stereocenters. The van der Waals surface area contributed by atoms with E-state index in [1.165, 1.54) is 68.8 Å². The van der Waals surface area contributed by atoms with Gasteiger partial charge >= 0.3 is 0 Å². The van der Waals surface area contributed by atoms with Crippen molar-refractivity contribution in [2.24, 2.45) is 0 Å². The first-order chi connectivity index (χ1) is 20.9. The molecule has 0 saturated heterocycles. The molecule has 0 amide bonds. The van der Waals surface area contributed by atoms with Crippen LogP contribution in [0.3, 0.4) is 0 Å². The first-order valence-electron chi connectivity index (χ1n) is 16.1. The summed E-state index contributed by atoms with van der Waals surface area (Å²) in [5, 5.41) is 0. The molecule has 0 spiro atoms. The number of rotatable bonds is 16. The number of thiophene rings is 1. The highest BCUT2D eigenvalue weighted by Gasteiger charge is 2.23. The van der Waals surface area contributed by atoms with Crippen LogP contribution in [0.2, 0.25) is 0 Å². The van der Waals surface area contributed by atoms with Gasteiger partial charge in [0, 0.05) is 58.6 Å². The number of benzene rings is 2. The van der Waals surface area contributed by atoms with E-state index < -0.39 is 0 Å². The van der Waals surface area contributed by atoms with E-state index in [-0.39, 0.29) is 0 Å². The van der Waals surface area contributed by atoms with E-state index in [0.29, 0.717) is 0 Å². The summed E-state index contributed by atoms with van der Waals surface area (Å²) in [6.07, 6.45) is 7.16. The van der Waals surface area contributed by atoms with E-state index in [2.05, 4.69) is 99.9 Å². The van der Waals surface area contributed by atoms with Gasteiger partial charge in [-0.15, -0.1) is 11.3 Å². The second-order valence-corrected chi connectivity index (χ2v) is 15.2. The molecule has 234 valence electrons. The number of unbranched alkanes of at least 4 members (excludes halogenated alkanes) is 2. The molecule has 0 unspecified atom stereocenters. The normalized spacial score (nSPS) is 11.1. The number of nitrogens with zero attached hydrogens (tertiary/aromatic N) is 2. The highest BCUT2D eigenvalue weighted by atomic mass is 32.2. The van der Waals surface area contributed by atoms with Crippen LogP contribution >= 0.6 is 59.3 Å². The van der Waals surface area contributed by atoms with Crippen molar-refractivity contribution in [1.82, 2.24) is 9.80 Å². The molecule has 0 saturated carbocycles. The van der Waals surface area contributed by atoms with Gasteiger partial charge in [0.1, 0.15) is 8.64 Å². The zero-order valence-corrected chi connectivity index (χ0v) is 31.1. The maximum Gasteiger partial charge on any atom is 0.136 e. The van der Waals surface area contributed by atoms with Crippen molar-refractivity contribution in [3.05, 3.63) is 69.4 Å². The molecule has 0 bridgehead atoms. The lowest BCUT2D eigenvalue weighted by molar-refractivity contribution is 0.482. The summed E-state index contributed by atoms with van der Waals surface area (Å²) >= 11 is 17.3. The summed E-state index contributed by atoms with van der Waals surface area (Å²) in [5.41, 5.74) is 8.17. The predicted octanol–water partition coefficient (Wildman–Crippen LogP) is 11.5. The molecule has 43 heavy (non-hydrogen) atoms. The lowest BCUT2D eigenvalue weighted by Gasteiger charge is -2.21. The van der Waals surface area contributed by atoms with Gasteiger partial charge in [0.25, 0.3) is 0 Å². The Balaban J connectivity index is 2.12. The third-order valence-corrected chi connectivity index (χ3v) is 12.5. The average molecular weight is 671 g/mol. The Morgan fingerprint density at radius 2 is 0.930 bits per heavy atom. The monoisotopic (exact) mass is 670 g/mol. The maximum absolute atomic E-state index is 5.88. The summed E-state index contributed by atoms with van der Waals surface area (Å²) in [4.78, 5) is 7.36. The number of hydrogen-bond donors (Lipinski definition) is 0. The van der Waals surface area contributed by atoms with Crippen LogP contribution in [-0.2, 0) is 24.3 Å². The largest absolute Gasteiger partial charge is 0.358 e. The van der Waals surface area contributed by atoms with Gasteiger partial charge < -0.3 is 9.80 Å². The number of hydrogen-bond acceptors (Lipinski definition) is 5. The van der Waals surface area contributed by atoms with Gasteiger partial charge in [-0.1, -0.05) is 123 Å². The Labute approximate surface area is 285 Å². The van der Waals surface area contributed by atoms with Crippen LogP contribution in [0.15, 0.2) is 48.5 Å². The molecule has 7 heteroatoms. The standard InChI is InChI=1S/C36H50N2S5/c1-7-13-15-27-17-21-29(22-18-27)33-31(25-41-35(39)37(9-3)10-4)43-32(26-42-36(40)38(11-5)12-6)34(33)30-23-19-28(20-24-30)16-14-8-2/h17-24H,7-16,25-26H2,1-6H3. The van der Waals surface area contributed by atoms with E-state index in [1.807, 2.05) is 11.3 Å². The van der Waals surface area contributed by atoms with E-state index >= 15 is 0 Å². The van der Waals surface area contributed by atoms with Crippen molar-refractivity contribution in [3.8, 4) is 22.3 Å². The molecule has 2 aromatic carbocycles. The molecular formula is C36H50N2S5. The smallest absolute Gasteiger partial charge is 0.136 e. The fourth-order valence-corrected chi connectivity index (χ4v) is 9.50. The Morgan fingerprint density at radius 3 is 1.23 bits per heavy atom. The fraction of sp³-hybridized carbons (Fsp3) is 0.500. The van der Waals surface area contributed by atoms with Crippen LogP contribution in [0, 0.1) is 0 Å². The van der Waals surface area contributed by atoms with Gasteiger partial charge in [0.05, 0.1) is 0 Å². The molecule has 1 aromatic heterocycles. The zero-order chi connectivity index (χ0) is 31.2. The van der Waals surface area contributed by atoms with Crippen molar-refractivity contribution >= 4 is 67.9 Å². The summed E-state index contributed by atoms with van der Waals surface area (Å²) in [6.45, 7) is 17.0. The maximum atomic E-state index is 5.88. The molecular weight excluding hydrogens is 621 g/mol. The van der Waals surface area contributed by atoms with Gasteiger partial charge in [-0.2, -0.15) is 0 Å². The molecule has 1 heterocycles. The van der Waals surface area contributed by atoms with Crippen molar-refractivity contribution in [1.29, 1.82) is 0 Å². The van der Waals surface area contributed by atoms with Gasteiger partial charge in [0.2, 0.25) is 0 Å². The topological polar surface area (TPSA) is 6.48 Å². The van der Waals surface area contributed by atoms with Crippen molar-refractivity contribution in [2.75, 3.05) is 26.2 Å². The molecule has 0 radical (unpaired) electrons. The second-order valence-electron chi connectivity index (χ2n) is 10.8. The minimum atomic E-state index is 0.875. The van der Waals surface area contributed by atoms with E-state index in [1.54, 1.807) is 23.5 Å². The summed E-state index contributed by atoms with van der Waals surface area (Å²) < 4.78 is 1.97. The van der Waals surface area contributed by atoms with Crippen LogP contribution in [0.1, 0.15) is 88.1 Å². The van der Waals surface area contributed by atoms with Crippen LogP contribution in [0.25, 0.3) is 22.3 Å². The molecule has 2 nitrogen and oxygen atoms in total. The van der Waals surface area contributed by atoms with Crippen molar-refractivity contribution in [3.63, 3.8) is 0 Å². The van der Waals surface area contributed by atoms with Crippen LogP contribution in [0.4, 0.5) is 0 Å². The highest BCUT2D eigenvalue weighted by Crippen LogP contribution is 2.46. The van der Waals surface area contributed by atoms with Crippen LogP contribution in [0.5, 0.6) is 0 Å². The first-order valence-corrected chi connectivity index (χ1v) is 19.7. The van der Waals surface area contributed by atoms with Crippen LogP contribution in [-0.4, -0.2) is 44.6 Å². The number of thioether (sulfide) groups is 2. The fourth-order valence-electron chi connectivity index (χ4n) is 5.18. The van der Waals surface area contributed by atoms with Crippen LogP contribution < -0.4 is 0 Å². The second kappa shape index (κ2) is 19.2. The van der Waals surface area contributed by atoms with Crippen molar-refractivity contribution in [2.45, 2.75) is 91.6 Å².